The van der Waals surface area contributed by atoms with E-state index in [9.17, 15) is 9.59 Å². The van der Waals surface area contributed by atoms with Gasteiger partial charge in [-0.2, -0.15) is 4.98 Å². The van der Waals surface area contributed by atoms with Crippen LogP contribution in [0.25, 0.3) is 11.4 Å². The van der Waals surface area contributed by atoms with Crippen LogP contribution in [0.4, 0.5) is 0 Å². The number of hydrogen-bond donors (Lipinski definition) is 0. The first kappa shape index (κ1) is 15.4. The molecule has 0 N–H and O–H groups in total. The van der Waals surface area contributed by atoms with Crippen LogP contribution in [0, 0.1) is 0 Å². The van der Waals surface area contributed by atoms with Gasteiger partial charge in [-0.15, -0.1) is 0 Å². The molecule has 0 aromatic carbocycles. The first-order chi connectivity index (χ1) is 11.0. The van der Waals surface area contributed by atoms with Crippen molar-refractivity contribution in [2.75, 3.05) is 0 Å². The fraction of sp³-hybridized carbons (Fsp3) is 0.267. The van der Waals surface area contributed by atoms with E-state index in [-0.39, 0.29) is 16.9 Å². The average Bonchev–Trinajstić information content (AvgIpc) is 2.48. The highest BCUT2D eigenvalue weighted by atomic mass is 35.5. The van der Waals surface area contributed by atoms with E-state index >= 15 is 0 Å². The lowest BCUT2D eigenvalue weighted by atomic mass is 10.2. The van der Waals surface area contributed by atoms with E-state index in [4.69, 9.17) is 11.6 Å². The molecule has 3 heterocycles. The van der Waals surface area contributed by atoms with Crippen LogP contribution in [-0.4, -0.2) is 24.1 Å². The molecule has 0 saturated carbocycles. The third-order valence-corrected chi connectivity index (χ3v) is 3.61. The van der Waals surface area contributed by atoms with Crippen LogP contribution in [0.15, 0.2) is 40.2 Å². The smallest absolute Gasteiger partial charge is 0.326 e. The van der Waals surface area contributed by atoms with Crippen LogP contribution in [0.2, 0.25) is 5.28 Å². The highest BCUT2D eigenvalue weighted by Crippen LogP contribution is 2.15. The van der Waals surface area contributed by atoms with Gasteiger partial charge >= 0.3 is 5.69 Å². The van der Waals surface area contributed by atoms with Gasteiger partial charge in [-0.25, -0.2) is 14.8 Å². The van der Waals surface area contributed by atoms with Crippen LogP contribution in [0.3, 0.4) is 0 Å². The van der Waals surface area contributed by atoms with Gasteiger partial charge in [0.15, 0.2) is 5.82 Å². The zero-order valence-corrected chi connectivity index (χ0v) is 13.4. The van der Waals surface area contributed by atoms with Crippen LogP contribution >= 0.6 is 11.6 Å². The van der Waals surface area contributed by atoms with E-state index in [2.05, 4.69) is 15.0 Å². The fourth-order valence-corrected chi connectivity index (χ4v) is 2.58. The molecule has 8 heteroatoms. The van der Waals surface area contributed by atoms with Gasteiger partial charge in [0.25, 0.3) is 5.56 Å². The molecule has 3 rings (SSSR count). The number of halogens is 1. The number of hydrogen-bond acceptors (Lipinski definition) is 5. The van der Waals surface area contributed by atoms with Gasteiger partial charge in [0.2, 0.25) is 5.28 Å². The van der Waals surface area contributed by atoms with Crippen molar-refractivity contribution in [2.24, 2.45) is 0 Å². The molecule has 2 aliphatic rings. The predicted octanol–water partition coefficient (Wildman–Crippen LogP) is 1.58. The van der Waals surface area contributed by atoms with Crippen molar-refractivity contribution in [1.82, 2.24) is 24.1 Å². The van der Waals surface area contributed by atoms with Crippen molar-refractivity contribution in [1.29, 1.82) is 0 Å². The monoisotopic (exact) mass is 331 g/mol. The number of rotatable bonds is 3. The molecule has 1 aromatic rings. The maximum Gasteiger partial charge on any atom is 0.352 e. The number of aromatic nitrogens is 5. The summed E-state index contributed by atoms with van der Waals surface area (Å²) in [6.45, 7) is 3.88. The van der Waals surface area contributed by atoms with Gasteiger partial charge in [0.1, 0.15) is 0 Å². The highest BCUT2D eigenvalue weighted by molar-refractivity contribution is 6.28. The third-order valence-electron chi connectivity index (χ3n) is 3.43. The summed E-state index contributed by atoms with van der Waals surface area (Å²) in [6, 6.07) is 4.86. The molecule has 0 atom stereocenters. The Balaban J connectivity index is 2.16. The zero-order chi connectivity index (χ0) is 16.6. The first-order valence-corrected chi connectivity index (χ1v) is 7.44. The van der Waals surface area contributed by atoms with E-state index in [1.54, 1.807) is 49.0 Å². The number of nitrogens with zero attached hydrogens (tertiary/aromatic N) is 5. The van der Waals surface area contributed by atoms with Crippen LogP contribution in [0.1, 0.15) is 25.6 Å². The zero-order valence-electron chi connectivity index (χ0n) is 12.6. The molecule has 0 amide bonds. The third kappa shape index (κ3) is 2.87. The molecule has 1 aromatic heterocycles. The molecule has 0 aliphatic carbocycles. The van der Waals surface area contributed by atoms with Gasteiger partial charge in [0, 0.05) is 18.4 Å². The Morgan fingerprint density at radius 2 is 2.00 bits per heavy atom. The van der Waals surface area contributed by atoms with E-state index in [1.165, 1.54) is 0 Å². The Morgan fingerprint density at radius 3 is 2.70 bits per heavy atom. The van der Waals surface area contributed by atoms with Gasteiger partial charge in [-0.3, -0.25) is 9.36 Å². The van der Waals surface area contributed by atoms with Gasteiger partial charge in [0.05, 0.1) is 17.8 Å². The Morgan fingerprint density at radius 1 is 1.22 bits per heavy atom. The van der Waals surface area contributed by atoms with Crippen molar-refractivity contribution in [3.8, 4) is 11.4 Å². The van der Waals surface area contributed by atoms with Gasteiger partial charge in [-0.1, -0.05) is 0 Å². The fourth-order valence-electron chi connectivity index (χ4n) is 2.41. The van der Waals surface area contributed by atoms with Crippen LogP contribution in [0.5, 0.6) is 0 Å². The lowest BCUT2D eigenvalue weighted by molar-refractivity contribution is 0.542. The molecule has 0 unspecified atom stereocenters. The lowest BCUT2D eigenvalue weighted by Crippen LogP contribution is -2.39. The van der Waals surface area contributed by atoms with Crippen molar-refractivity contribution < 1.29 is 0 Å². The van der Waals surface area contributed by atoms with Crippen LogP contribution in [-0.2, 0) is 6.54 Å². The average molecular weight is 332 g/mol. The molecule has 0 fully saturated rings. The molecule has 0 bridgehead atoms. The Hall–Kier alpha value is -2.54. The summed E-state index contributed by atoms with van der Waals surface area (Å²) < 4.78 is 2.84. The molecule has 0 radical (unpaired) electrons. The predicted molar refractivity (Wildman–Crippen MR) is 85.9 cm³/mol. The molecule has 0 saturated heterocycles. The minimum Gasteiger partial charge on any atom is -0.326 e. The summed E-state index contributed by atoms with van der Waals surface area (Å²) in [4.78, 5) is 36.7. The summed E-state index contributed by atoms with van der Waals surface area (Å²) in [5.74, 6) is 0.328. The normalized spacial score (nSPS) is 11.3. The summed E-state index contributed by atoms with van der Waals surface area (Å²) in [5, 5.41) is 0.142. The molecule has 23 heavy (non-hydrogen) atoms. The molecule has 118 valence electrons. The Bertz CT molecular complexity index is 947. The SMILES string of the molecule is CC(C)n1c(=O)nc2n(Cc3ccnc(Cl)n3)cccc-2c1=O. The maximum absolute atomic E-state index is 12.5. The Labute approximate surface area is 136 Å². The lowest BCUT2D eigenvalue weighted by Gasteiger charge is -2.16. The Kier molecular flexibility index (Phi) is 3.96. The summed E-state index contributed by atoms with van der Waals surface area (Å²) in [6.07, 6.45) is 3.29. The first-order valence-electron chi connectivity index (χ1n) is 7.06. The maximum atomic E-state index is 12.5. The van der Waals surface area contributed by atoms with E-state index in [0.29, 0.717) is 23.6 Å². The number of pyridine rings is 1. The van der Waals surface area contributed by atoms with Gasteiger partial charge in [-0.05, 0) is 43.6 Å². The minimum absolute atomic E-state index is 0.142. The molecule has 7 nitrogen and oxygen atoms in total. The van der Waals surface area contributed by atoms with Crippen LogP contribution < -0.4 is 11.2 Å². The van der Waals surface area contributed by atoms with Crippen molar-refractivity contribution in [2.45, 2.75) is 26.4 Å². The largest absolute Gasteiger partial charge is 0.352 e. The summed E-state index contributed by atoms with van der Waals surface area (Å²) in [5.41, 5.74) is 0.147. The van der Waals surface area contributed by atoms with Crippen molar-refractivity contribution in [3.63, 3.8) is 0 Å². The van der Waals surface area contributed by atoms with Gasteiger partial charge < -0.3 is 4.57 Å². The van der Waals surface area contributed by atoms with E-state index in [0.717, 1.165) is 4.57 Å². The highest BCUT2D eigenvalue weighted by Gasteiger charge is 2.18. The van der Waals surface area contributed by atoms with E-state index in [1.807, 2.05) is 0 Å². The summed E-state index contributed by atoms with van der Waals surface area (Å²) in [7, 11) is 0. The molecule has 0 spiro atoms. The standard InChI is InChI=1S/C15H14ClN5O2/c1-9(2)21-13(22)11-4-3-7-20(12(11)19-15(21)23)8-10-5-6-17-14(16)18-10/h3-7,9H,8H2,1-2H3. The molecule has 2 aliphatic heterocycles. The number of fused-ring (bicyclic) bond motifs is 1. The van der Waals surface area contributed by atoms with Crippen molar-refractivity contribution in [3.05, 3.63) is 62.4 Å². The second kappa shape index (κ2) is 5.92. The topological polar surface area (TPSA) is 82.7 Å². The molecular weight excluding hydrogens is 318 g/mol. The molecular formula is C15H14ClN5O2. The van der Waals surface area contributed by atoms with Crippen molar-refractivity contribution >= 4 is 11.6 Å². The van der Waals surface area contributed by atoms with E-state index < -0.39 is 5.69 Å². The second-order valence-corrected chi connectivity index (χ2v) is 5.69. The quantitative estimate of drug-likeness (QED) is 0.680. The second-order valence-electron chi connectivity index (χ2n) is 5.35. The summed E-state index contributed by atoms with van der Waals surface area (Å²) >= 11 is 5.78. The minimum atomic E-state index is -0.557.